The van der Waals surface area contributed by atoms with Crippen LogP contribution in [0.1, 0.15) is 30.4 Å². The fourth-order valence-corrected chi connectivity index (χ4v) is 4.86. The highest BCUT2D eigenvalue weighted by atomic mass is 16.5. The van der Waals surface area contributed by atoms with Gasteiger partial charge in [-0.15, -0.1) is 12.3 Å². The van der Waals surface area contributed by atoms with Crippen molar-refractivity contribution in [2.24, 2.45) is 5.41 Å². The summed E-state index contributed by atoms with van der Waals surface area (Å²) in [5.74, 6) is 1.34. The van der Waals surface area contributed by atoms with Crippen molar-refractivity contribution in [3.8, 4) is 23.5 Å². The average Bonchev–Trinajstić information content (AvgIpc) is 3.03. The van der Waals surface area contributed by atoms with E-state index < -0.39 is 23.5 Å². The van der Waals surface area contributed by atoms with Crippen molar-refractivity contribution in [1.82, 2.24) is 5.32 Å². The molecule has 0 saturated carbocycles. The number of ether oxygens (including phenoxy) is 1. The normalized spacial score (nSPS) is 15.6. The number of quaternary nitrogens is 1. The van der Waals surface area contributed by atoms with E-state index in [9.17, 15) is 14.7 Å². The summed E-state index contributed by atoms with van der Waals surface area (Å²) in [6, 6.07) is 14.9. The van der Waals surface area contributed by atoms with Crippen molar-refractivity contribution in [3.05, 3.63) is 59.7 Å². The zero-order valence-electron chi connectivity index (χ0n) is 19.1. The molecule has 32 heavy (non-hydrogen) atoms. The standard InChI is InChI=1S/C26H30N2O4/c1-6-15-26(2,17-28(3,4)5)23(24(29)30)27-25(31)32-16-22-20-13-9-7-11-18(20)19-12-8-10-14-21(19)22/h1,7-14,22-23H,15-17H2,2-5H3,(H-,27,29,30,31)/p+1/t23-,26+/m0/s1. The van der Waals surface area contributed by atoms with Crippen molar-refractivity contribution in [1.29, 1.82) is 0 Å². The fraction of sp³-hybridized carbons (Fsp3) is 0.385. The molecule has 168 valence electrons. The summed E-state index contributed by atoms with van der Waals surface area (Å²) in [5, 5.41) is 12.4. The molecule has 6 nitrogen and oxygen atoms in total. The first-order valence-electron chi connectivity index (χ1n) is 10.6. The molecule has 1 aliphatic carbocycles. The van der Waals surface area contributed by atoms with Crippen LogP contribution in [0.4, 0.5) is 4.79 Å². The van der Waals surface area contributed by atoms with Crippen LogP contribution in [-0.2, 0) is 9.53 Å². The van der Waals surface area contributed by atoms with Crippen LogP contribution in [0.3, 0.4) is 0 Å². The van der Waals surface area contributed by atoms with Gasteiger partial charge in [-0.3, -0.25) is 0 Å². The molecule has 3 rings (SSSR count). The Labute approximate surface area is 189 Å². The minimum atomic E-state index is -1.17. The topological polar surface area (TPSA) is 75.6 Å². The lowest BCUT2D eigenvalue weighted by molar-refractivity contribution is -0.877. The van der Waals surface area contributed by atoms with Crippen molar-refractivity contribution in [3.63, 3.8) is 0 Å². The van der Waals surface area contributed by atoms with Gasteiger partial charge in [-0.2, -0.15) is 0 Å². The largest absolute Gasteiger partial charge is 0.480 e. The van der Waals surface area contributed by atoms with E-state index in [1.807, 2.05) is 57.5 Å². The first-order chi connectivity index (χ1) is 15.1. The van der Waals surface area contributed by atoms with Gasteiger partial charge in [0.1, 0.15) is 12.6 Å². The highest BCUT2D eigenvalue weighted by Crippen LogP contribution is 2.44. The molecule has 0 fully saturated rings. The lowest BCUT2D eigenvalue weighted by Crippen LogP contribution is -2.58. The van der Waals surface area contributed by atoms with Gasteiger partial charge >= 0.3 is 12.1 Å². The highest BCUT2D eigenvalue weighted by molar-refractivity contribution is 5.81. The smallest absolute Gasteiger partial charge is 0.407 e. The van der Waals surface area contributed by atoms with Gasteiger partial charge in [0, 0.05) is 12.3 Å². The monoisotopic (exact) mass is 435 g/mol. The second-order valence-electron chi connectivity index (χ2n) is 9.72. The summed E-state index contributed by atoms with van der Waals surface area (Å²) in [4.78, 5) is 24.8. The van der Waals surface area contributed by atoms with Crippen LogP contribution in [0.15, 0.2) is 48.5 Å². The number of hydrogen-bond donors (Lipinski definition) is 2. The minimum Gasteiger partial charge on any atom is -0.480 e. The Balaban J connectivity index is 1.76. The van der Waals surface area contributed by atoms with Gasteiger partial charge in [-0.05, 0) is 22.3 Å². The van der Waals surface area contributed by atoms with Gasteiger partial charge in [0.25, 0.3) is 0 Å². The Hall–Kier alpha value is -3.30. The molecule has 0 saturated heterocycles. The van der Waals surface area contributed by atoms with Crippen LogP contribution in [0, 0.1) is 17.8 Å². The first-order valence-corrected chi connectivity index (χ1v) is 10.6. The van der Waals surface area contributed by atoms with Crippen LogP contribution in [-0.4, -0.2) is 62.0 Å². The number of terminal acetylenes is 1. The number of carboxylic acids is 1. The lowest BCUT2D eigenvalue weighted by Gasteiger charge is -2.39. The number of hydrogen-bond acceptors (Lipinski definition) is 3. The molecule has 1 aliphatic rings. The van der Waals surface area contributed by atoms with E-state index >= 15 is 0 Å². The summed E-state index contributed by atoms with van der Waals surface area (Å²) in [6.45, 7) is 2.38. The van der Waals surface area contributed by atoms with Crippen LogP contribution in [0.25, 0.3) is 11.1 Å². The van der Waals surface area contributed by atoms with Crippen LogP contribution < -0.4 is 5.32 Å². The zero-order valence-corrected chi connectivity index (χ0v) is 19.1. The second kappa shape index (κ2) is 9.05. The second-order valence-corrected chi connectivity index (χ2v) is 9.72. The quantitative estimate of drug-likeness (QED) is 0.490. The van der Waals surface area contributed by atoms with E-state index in [-0.39, 0.29) is 18.9 Å². The summed E-state index contributed by atoms with van der Waals surface area (Å²) < 4.78 is 6.06. The molecule has 0 radical (unpaired) electrons. The molecular formula is C26H31N2O4+. The lowest BCUT2D eigenvalue weighted by atomic mass is 9.78. The van der Waals surface area contributed by atoms with E-state index in [4.69, 9.17) is 11.2 Å². The number of nitrogens with one attached hydrogen (secondary N) is 1. The Bertz CT molecular complexity index is 1000. The molecule has 0 spiro atoms. The predicted molar refractivity (Wildman–Crippen MR) is 124 cm³/mol. The van der Waals surface area contributed by atoms with Gasteiger partial charge in [-0.25, -0.2) is 9.59 Å². The van der Waals surface area contributed by atoms with E-state index in [1.54, 1.807) is 6.92 Å². The van der Waals surface area contributed by atoms with Gasteiger partial charge in [0.2, 0.25) is 0 Å². The number of carbonyl (C=O) groups excluding carboxylic acids is 1. The molecular weight excluding hydrogens is 404 g/mol. The number of alkyl carbamates (subject to hydrolysis) is 1. The molecule has 1 amide bonds. The molecule has 2 aromatic rings. The van der Waals surface area contributed by atoms with Gasteiger partial charge in [0.05, 0.1) is 33.1 Å². The third kappa shape index (κ3) is 4.95. The summed E-state index contributed by atoms with van der Waals surface area (Å²) in [5.41, 5.74) is 3.61. The Morgan fingerprint density at radius 1 is 1.12 bits per heavy atom. The summed E-state index contributed by atoms with van der Waals surface area (Å²) >= 11 is 0. The molecule has 0 bridgehead atoms. The number of benzene rings is 2. The van der Waals surface area contributed by atoms with Crippen LogP contribution in [0.2, 0.25) is 0 Å². The molecule has 0 aliphatic heterocycles. The van der Waals surface area contributed by atoms with E-state index in [2.05, 4.69) is 23.4 Å². The van der Waals surface area contributed by atoms with Crippen molar-refractivity contribution in [2.75, 3.05) is 34.3 Å². The Morgan fingerprint density at radius 3 is 2.12 bits per heavy atom. The maximum absolute atomic E-state index is 12.7. The zero-order chi connectivity index (χ0) is 23.5. The van der Waals surface area contributed by atoms with E-state index in [0.29, 0.717) is 11.0 Å². The number of carboxylic acid groups (broad SMARTS) is 1. The number of aliphatic carboxylic acids is 1. The van der Waals surface area contributed by atoms with Crippen LogP contribution >= 0.6 is 0 Å². The van der Waals surface area contributed by atoms with E-state index in [1.165, 1.54) is 0 Å². The Kier molecular flexibility index (Phi) is 6.61. The SMILES string of the molecule is C#CC[C@](C)(C[N+](C)(C)C)[C@@H](NC(=O)OCC1c2ccccc2-c2ccccc21)C(=O)O. The average molecular weight is 436 g/mol. The minimum absolute atomic E-state index is 0.0974. The molecule has 6 heteroatoms. The summed E-state index contributed by atoms with van der Waals surface area (Å²) in [7, 11) is 5.88. The van der Waals surface area contributed by atoms with Crippen molar-refractivity contribution < 1.29 is 23.9 Å². The Morgan fingerprint density at radius 2 is 1.66 bits per heavy atom. The molecule has 2 N–H and O–H groups in total. The summed E-state index contributed by atoms with van der Waals surface area (Å²) in [6.07, 6.45) is 4.99. The van der Waals surface area contributed by atoms with Crippen LogP contribution in [0.5, 0.6) is 0 Å². The molecule has 0 aromatic heterocycles. The van der Waals surface area contributed by atoms with Crippen molar-refractivity contribution >= 4 is 12.1 Å². The molecule has 2 aromatic carbocycles. The third-order valence-corrected chi connectivity index (χ3v) is 5.89. The van der Waals surface area contributed by atoms with Gasteiger partial charge in [0.15, 0.2) is 0 Å². The number of fused-ring (bicyclic) bond motifs is 3. The van der Waals surface area contributed by atoms with E-state index in [0.717, 1.165) is 22.3 Å². The first kappa shape index (κ1) is 23.4. The molecule has 0 heterocycles. The van der Waals surface area contributed by atoms with Gasteiger partial charge in [-0.1, -0.05) is 55.5 Å². The maximum Gasteiger partial charge on any atom is 0.407 e. The number of rotatable bonds is 8. The highest BCUT2D eigenvalue weighted by Gasteiger charge is 2.44. The van der Waals surface area contributed by atoms with Gasteiger partial charge < -0.3 is 19.6 Å². The fourth-order valence-electron chi connectivity index (χ4n) is 4.86. The molecule has 0 unspecified atom stereocenters. The number of carbonyl (C=O) groups is 2. The van der Waals surface area contributed by atoms with Crippen molar-refractivity contribution in [2.45, 2.75) is 25.3 Å². The number of nitrogens with zero attached hydrogens (tertiary/aromatic N) is 1. The third-order valence-electron chi connectivity index (χ3n) is 5.89. The predicted octanol–water partition coefficient (Wildman–Crippen LogP) is 3.71. The molecule has 2 atom stereocenters. The number of amides is 1. The maximum atomic E-state index is 12.7.